The van der Waals surface area contributed by atoms with Crippen LogP contribution in [0.4, 0.5) is 4.79 Å². The average molecular weight is 431 g/mol. The molecule has 0 aliphatic carbocycles. The van der Waals surface area contributed by atoms with Gasteiger partial charge in [-0.2, -0.15) is 0 Å². The summed E-state index contributed by atoms with van der Waals surface area (Å²) < 4.78 is 17.1. The molecule has 1 amide bonds. The van der Waals surface area contributed by atoms with Gasteiger partial charge in [0.1, 0.15) is 6.61 Å². The van der Waals surface area contributed by atoms with E-state index in [0.29, 0.717) is 6.54 Å². The molecule has 0 heterocycles. The van der Waals surface area contributed by atoms with Gasteiger partial charge < -0.3 is 20.5 Å². The maximum absolute atomic E-state index is 12.1. The van der Waals surface area contributed by atoms with Crippen LogP contribution in [0.15, 0.2) is 41.8 Å². The molecule has 0 spiro atoms. The van der Waals surface area contributed by atoms with Crippen LogP contribution in [0.5, 0.6) is 0 Å². The van der Waals surface area contributed by atoms with Crippen molar-refractivity contribution in [2.24, 2.45) is 5.92 Å². The number of hydrogen-bond donors (Lipinski definition) is 4. The molecule has 0 saturated carbocycles. The minimum absolute atomic E-state index is 0.102. The predicted molar refractivity (Wildman–Crippen MR) is 117 cm³/mol. The number of carbonyl (C=O) groups is 2. The van der Waals surface area contributed by atoms with Gasteiger partial charge in [-0.05, 0) is 23.1 Å². The highest BCUT2D eigenvalue weighted by atomic mass is 32.8. The highest BCUT2D eigenvalue weighted by Gasteiger charge is 2.19. The Hall–Kier alpha value is -1.76. The van der Waals surface area contributed by atoms with Gasteiger partial charge in [-0.1, -0.05) is 68.2 Å². The minimum atomic E-state index is -2.48. The quantitative estimate of drug-likeness (QED) is 0.317. The molecule has 0 saturated heterocycles. The third-order valence-electron chi connectivity index (χ3n) is 3.93. The zero-order valence-corrected chi connectivity index (χ0v) is 18.5. The number of aliphatic carboxylic acids is 1. The van der Waals surface area contributed by atoms with Crippen molar-refractivity contribution in [2.45, 2.75) is 39.0 Å². The number of hydrogen-bond acceptors (Lipinski definition) is 5. The Morgan fingerprint density at radius 1 is 1.29 bits per heavy atom. The highest BCUT2D eigenvalue weighted by molar-refractivity contribution is 8.46. The molecule has 3 atom stereocenters. The Morgan fingerprint density at radius 3 is 2.46 bits per heavy atom. The van der Waals surface area contributed by atoms with E-state index in [4.69, 9.17) is 9.84 Å². The van der Waals surface area contributed by atoms with E-state index in [2.05, 4.69) is 19.1 Å². The van der Waals surface area contributed by atoms with E-state index in [1.54, 1.807) is 12.3 Å². The number of rotatable bonds is 11. The summed E-state index contributed by atoms with van der Waals surface area (Å²) in [5, 5.41) is 16.5. The van der Waals surface area contributed by atoms with Crippen molar-refractivity contribution in [2.75, 3.05) is 12.8 Å². The number of amides is 1. The van der Waals surface area contributed by atoms with E-state index in [1.165, 1.54) is 5.41 Å². The molecule has 1 aromatic rings. The third-order valence-corrected chi connectivity index (χ3v) is 5.21. The number of carboxylic acid groups (broad SMARTS) is 1. The molecule has 0 radical (unpaired) electrons. The molecule has 28 heavy (non-hydrogen) atoms. The molecule has 158 valence electrons. The molecule has 0 aliphatic rings. The van der Waals surface area contributed by atoms with E-state index in [0.717, 1.165) is 5.56 Å². The normalized spacial score (nSPS) is 14.6. The van der Waals surface area contributed by atoms with Crippen molar-refractivity contribution >= 4 is 30.1 Å². The van der Waals surface area contributed by atoms with Crippen molar-refractivity contribution in [1.82, 2.24) is 10.6 Å². The Morgan fingerprint density at radius 2 is 1.93 bits per heavy atom. The molecule has 3 unspecified atom stereocenters. The molecule has 0 fully saturated rings. The zero-order chi connectivity index (χ0) is 21.2. The summed E-state index contributed by atoms with van der Waals surface area (Å²) in [5.74, 6) is -0.863. The van der Waals surface area contributed by atoms with Crippen LogP contribution in [0.1, 0.15) is 25.8 Å². The number of carboxylic acids is 1. The minimum Gasteiger partial charge on any atom is -0.481 e. The van der Waals surface area contributed by atoms with Gasteiger partial charge in [-0.25, -0.2) is 4.79 Å². The fourth-order valence-corrected chi connectivity index (χ4v) is 3.17. The fourth-order valence-electron chi connectivity index (χ4n) is 2.32. The first-order valence-electron chi connectivity index (χ1n) is 9.04. The molecule has 9 heteroatoms. The Balaban J connectivity index is 2.61. The second kappa shape index (κ2) is 11.9. The third kappa shape index (κ3) is 11.2. The summed E-state index contributed by atoms with van der Waals surface area (Å²) in [6, 6.07) is 8.63. The Kier molecular flexibility index (Phi) is 10.4. The van der Waals surface area contributed by atoms with Crippen LogP contribution in [0.25, 0.3) is 0 Å². The lowest BCUT2D eigenvalue weighted by atomic mass is 10.0. The van der Waals surface area contributed by atoms with Crippen LogP contribution in [0.3, 0.4) is 0 Å². The van der Waals surface area contributed by atoms with Crippen molar-refractivity contribution in [3.63, 3.8) is 0 Å². The molecule has 0 aliphatic heterocycles. The summed E-state index contributed by atoms with van der Waals surface area (Å²) in [5.41, 5.74) is 0.893. The molecule has 7 nitrogen and oxygen atoms in total. The van der Waals surface area contributed by atoms with Crippen molar-refractivity contribution in [3.8, 4) is 0 Å². The van der Waals surface area contributed by atoms with E-state index in [-0.39, 0.29) is 25.0 Å². The van der Waals surface area contributed by atoms with Crippen molar-refractivity contribution in [3.05, 3.63) is 47.4 Å². The summed E-state index contributed by atoms with van der Waals surface area (Å²) >= 11 is 0. The van der Waals surface area contributed by atoms with Gasteiger partial charge in [-0.3, -0.25) is 9.00 Å². The molecular weight excluding hydrogens is 399 g/mol. The maximum Gasteiger partial charge on any atom is 0.407 e. The van der Waals surface area contributed by atoms with Gasteiger partial charge in [0.25, 0.3) is 0 Å². The van der Waals surface area contributed by atoms with Gasteiger partial charge in [0, 0.05) is 18.6 Å². The lowest BCUT2D eigenvalue weighted by Crippen LogP contribution is -2.47. The topological polar surface area (TPSA) is 105 Å². The first kappa shape index (κ1) is 24.3. The summed E-state index contributed by atoms with van der Waals surface area (Å²) in [6.45, 7) is 4.43. The molecular formula is C19H31N2O5PS. The van der Waals surface area contributed by atoms with Gasteiger partial charge in [-0.15, -0.1) is 0 Å². The van der Waals surface area contributed by atoms with Crippen LogP contribution in [-0.2, 0) is 25.7 Å². The largest absolute Gasteiger partial charge is 0.481 e. The van der Waals surface area contributed by atoms with Crippen LogP contribution in [0, 0.1) is 5.92 Å². The number of alkyl carbamates (subject to hydrolysis) is 1. The average Bonchev–Trinajstić information content (AvgIpc) is 2.60. The van der Waals surface area contributed by atoms with Crippen molar-refractivity contribution in [1.29, 1.82) is 0 Å². The summed E-state index contributed by atoms with van der Waals surface area (Å²) in [6.07, 6.45) is 2.50. The summed E-state index contributed by atoms with van der Waals surface area (Å²) in [4.78, 5) is 23.2. The van der Waals surface area contributed by atoms with Gasteiger partial charge in [0.05, 0.1) is 6.42 Å². The molecule has 1 rings (SSSR count). The lowest BCUT2D eigenvalue weighted by Gasteiger charge is -2.25. The predicted octanol–water partition coefficient (Wildman–Crippen LogP) is 2.32. The monoisotopic (exact) mass is 430 g/mol. The number of carbonyl (C=O) groups excluding carboxylic acids is 1. The first-order chi connectivity index (χ1) is 13.1. The molecule has 3 N–H and O–H groups in total. The second-order valence-electron chi connectivity index (χ2n) is 7.07. The highest BCUT2D eigenvalue weighted by Crippen LogP contribution is 2.12. The van der Waals surface area contributed by atoms with Crippen LogP contribution >= 0.6 is 8.44 Å². The number of ether oxygens (including phenoxy) is 1. The van der Waals surface area contributed by atoms with E-state index < -0.39 is 27.7 Å². The van der Waals surface area contributed by atoms with Crippen LogP contribution < -0.4 is 10.6 Å². The second-order valence-corrected chi connectivity index (χ2v) is 12.6. The molecule has 1 aromatic carbocycles. The first-order valence-corrected chi connectivity index (χ1v) is 12.9. The van der Waals surface area contributed by atoms with E-state index in [1.807, 2.05) is 44.2 Å². The summed E-state index contributed by atoms with van der Waals surface area (Å²) in [7, 11) is -0.218. The number of benzene rings is 1. The maximum atomic E-state index is 12.1. The van der Waals surface area contributed by atoms with Gasteiger partial charge in [0.2, 0.25) is 0 Å². The van der Waals surface area contributed by atoms with E-state index in [9.17, 15) is 13.8 Å². The standard InChI is InChI=1S/C19H31N2O5PS/c1-14(2)17(21-19(24)26-13-15-7-5-4-6-8-15)12-20-16(11-18(22)23)9-10-28(3,25)27/h4-10,14,16-17,20,28H,11-13,27H2,1-3H3,(H,21,24)(H,22,23)/b10-9+. The Bertz CT molecular complexity index is 706. The molecule has 0 aromatic heterocycles. The number of nitrogens with one attached hydrogen (secondary N) is 2. The zero-order valence-electron chi connectivity index (χ0n) is 16.5. The van der Waals surface area contributed by atoms with Crippen LogP contribution in [0.2, 0.25) is 0 Å². The van der Waals surface area contributed by atoms with E-state index >= 15 is 0 Å². The van der Waals surface area contributed by atoms with Gasteiger partial charge in [0.15, 0.2) is 0 Å². The smallest absolute Gasteiger partial charge is 0.407 e. The van der Waals surface area contributed by atoms with Crippen molar-refractivity contribution < 1.29 is 23.6 Å². The molecule has 0 bridgehead atoms. The SMILES string of the molecule is CC(C)C(CNC(/C=C/[SH](C)(=O)P)CC(=O)O)NC(=O)OCc1ccccc1. The van der Waals surface area contributed by atoms with Crippen LogP contribution in [-0.4, -0.2) is 46.3 Å². The fraction of sp³-hybridized carbons (Fsp3) is 0.474. The number of thiol groups is 1. The van der Waals surface area contributed by atoms with Gasteiger partial charge >= 0.3 is 12.1 Å². The lowest BCUT2D eigenvalue weighted by molar-refractivity contribution is -0.137. The Labute approximate surface area is 169 Å².